The Morgan fingerprint density at radius 1 is 0.893 bits per heavy atom. The van der Waals surface area contributed by atoms with Crippen LogP contribution in [0.25, 0.3) is 22.0 Å². The van der Waals surface area contributed by atoms with Crippen LogP contribution in [0.3, 0.4) is 0 Å². The Kier molecular flexibility index (Phi) is 5.91. The van der Waals surface area contributed by atoms with E-state index in [0.29, 0.717) is 0 Å². The molecule has 4 nitrogen and oxygen atoms in total. The van der Waals surface area contributed by atoms with Crippen molar-refractivity contribution in [3.63, 3.8) is 0 Å². The minimum atomic E-state index is -0.168. The summed E-state index contributed by atoms with van der Waals surface area (Å²) in [4.78, 5) is 15.0. The molecule has 2 heterocycles. The van der Waals surface area contributed by atoms with Crippen LogP contribution in [0.15, 0.2) is 59.6 Å². The second-order valence-corrected chi connectivity index (χ2v) is 8.59. The van der Waals surface area contributed by atoms with E-state index in [1.807, 2.05) is 42.2 Å². The molecular formula is C23H25N3OS. The van der Waals surface area contributed by atoms with Crippen molar-refractivity contribution in [3.05, 3.63) is 54.6 Å². The summed E-state index contributed by atoms with van der Waals surface area (Å²) in [5.74, 6) is 0.213. The highest BCUT2D eigenvalue weighted by atomic mass is 32.2. The molecule has 1 aromatic heterocycles. The third-order valence-corrected chi connectivity index (χ3v) is 6.33. The average molecular weight is 392 g/mol. The highest BCUT2D eigenvalue weighted by Crippen LogP contribution is 2.33. The first-order valence-electron chi connectivity index (χ1n) is 10.0. The molecule has 0 N–H and O–H groups in total. The van der Waals surface area contributed by atoms with Crippen LogP contribution in [0.2, 0.25) is 0 Å². The lowest BCUT2D eigenvalue weighted by Crippen LogP contribution is -2.37. The minimum Gasteiger partial charge on any atom is -0.342 e. The summed E-state index contributed by atoms with van der Waals surface area (Å²) >= 11 is 1.52. The smallest absolute Gasteiger partial charge is 0.235 e. The van der Waals surface area contributed by atoms with E-state index in [1.165, 1.54) is 24.6 Å². The van der Waals surface area contributed by atoms with Crippen LogP contribution in [0.4, 0.5) is 0 Å². The standard InChI is InChI=1S/C23H25N3OS/c1-17(23(27)26-15-9-2-3-10-16-26)28-22-20-14-8-7-13-19(20)21(24-25-22)18-11-5-4-6-12-18/h4-8,11-14,17H,2-3,9-10,15-16H2,1H3/t17-/m0/s1. The lowest BCUT2D eigenvalue weighted by molar-refractivity contribution is -0.130. The lowest BCUT2D eigenvalue weighted by Gasteiger charge is -2.23. The molecule has 0 spiro atoms. The van der Waals surface area contributed by atoms with Crippen LogP contribution in [0.1, 0.15) is 32.6 Å². The molecule has 1 atom stereocenters. The fraction of sp³-hybridized carbons (Fsp3) is 0.348. The number of carbonyl (C=O) groups is 1. The second kappa shape index (κ2) is 8.74. The Balaban J connectivity index is 1.62. The summed E-state index contributed by atoms with van der Waals surface area (Å²) < 4.78 is 0. The van der Waals surface area contributed by atoms with E-state index in [9.17, 15) is 4.79 Å². The summed E-state index contributed by atoms with van der Waals surface area (Å²) in [6.45, 7) is 3.74. The molecule has 0 radical (unpaired) electrons. The summed E-state index contributed by atoms with van der Waals surface area (Å²) in [6.07, 6.45) is 4.67. The van der Waals surface area contributed by atoms with Crippen LogP contribution in [-0.2, 0) is 4.79 Å². The molecule has 144 valence electrons. The van der Waals surface area contributed by atoms with E-state index in [0.717, 1.165) is 53.0 Å². The van der Waals surface area contributed by atoms with Crippen molar-refractivity contribution in [2.75, 3.05) is 13.1 Å². The average Bonchev–Trinajstić information content (AvgIpc) is 3.03. The van der Waals surface area contributed by atoms with E-state index in [4.69, 9.17) is 0 Å². The van der Waals surface area contributed by atoms with Gasteiger partial charge in [-0.3, -0.25) is 4.79 Å². The molecule has 1 aliphatic rings. The number of amides is 1. The van der Waals surface area contributed by atoms with E-state index in [1.54, 1.807) is 0 Å². The summed E-state index contributed by atoms with van der Waals surface area (Å²) in [6, 6.07) is 18.3. The van der Waals surface area contributed by atoms with Gasteiger partial charge in [-0.15, -0.1) is 10.2 Å². The number of aromatic nitrogens is 2. The first kappa shape index (κ1) is 18.9. The van der Waals surface area contributed by atoms with Gasteiger partial charge in [-0.2, -0.15) is 0 Å². The predicted octanol–water partition coefficient (Wildman–Crippen LogP) is 5.18. The Morgan fingerprint density at radius 3 is 2.25 bits per heavy atom. The molecule has 3 aromatic rings. The number of hydrogen-bond acceptors (Lipinski definition) is 4. The van der Waals surface area contributed by atoms with E-state index in [-0.39, 0.29) is 11.2 Å². The molecule has 0 unspecified atom stereocenters. The molecule has 28 heavy (non-hydrogen) atoms. The molecule has 2 aromatic carbocycles. The Hall–Kier alpha value is -2.40. The van der Waals surface area contributed by atoms with Gasteiger partial charge in [0.05, 0.1) is 5.25 Å². The normalized spacial score (nSPS) is 16.0. The summed E-state index contributed by atoms with van der Waals surface area (Å²) in [5.41, 5.74) is 1.93. The number of hydrogen-bond donors (Lipinski definition) is 0. The number of likely N-dealkylation sites (tertiary alicyclic amines) is 1. The molecule has 5 heteroatoms. The molecule has 0 bridgehead atoms. The number of fused-ring (bicyclic) bond motifs is 1. The first-order valence-corrected chi connectivity index (χ1v) is 10.9. The fourth-order valence-electron chi connectivity index (χ4n) is 3.74. The SMILES string of the molecule is C[C@H](Sc1nnc(-c2ccccc2)c2ccccc12)C(=O)N1CCCCCC1. The van der Waals surface area contributed by atoms with Crippen LogP contribution < -0.4 is 0 Å². The monoisotopic (exact) mass is 391 g/mol. The van der Waals surface area contributed by atoms with Gasteiger partial charge in [0.2, 0.25) is 5.91 Å². The van der Waals surface area contributed by atoms with Crippen LogP contribution in [0, 0.1) is 0 Å². The van der Waals surface area contributed by atoms with Gasteiger partial charge in [0.15, 0.2) is 0 Å². The number of rotatable bonds is 4. The molecule has 4 rings (SSSR count). The van der Waals surface area contributed by atoms with Gasteiger partial charge in [-0.1, -0.05) is 79.2 Å². The minimum absolute atomic E-state index is 0.168. The van der Waals surface area contributed by atoms with Gasteiger partial charge in [0.1, 0.15) is 10.7 Å². The lowest BCUT2D eigenvalue weighted by atomic mass is 10.1. The fourth-order valence-corrected chi connectivity index (χ4v) is 4.72. The zero-order valence-electron chi connectivity index (χ0n) is 16.2. The van der Waals surface area contributed by atoms with E-state index in [2.05, 4.69) is 34.5 Å². The quantitative estimate of drug-likeness (QED) is 0.575. The Morgan fingerprint density at radius 2 is 1.54 bits per heavy atom. The van der Waals surface area contributed by atoms with Crippen LogP contribution >= 0.6 is 11.8 Å². The zero-order valence-corrected chi connectivity index (χ0v) is 17.0. The maximum absolute atomic E-state index is 12.9. The second-order valence-electron chi connectivity index (χ2n) is 7.26. The number of carbonyl (C=O) groups excluding carboxylic acids is 1. The topological polar surface area (TPSA) is 46.1 Å². The van der Waals surface area contributed by atoms with Gasteiger partial charge in [0, 0.05) is 29.4 Å². The van der Waals surface area contributed by atoms with Crippen LogP contribution in [0.5, 0.6) is 0 Å². The third-order valence-electron chi connectivity index (χ3n) is 5.25. The van der Waals surface area contributed by atoms with Gasteiger partial charge in [0.25, 0.3) is 0 Å². The van der Waals surface area contributed by atoms with Crippen molar-refractivity contribution in [3.8, 4) is 11.3 Å². The number of thioether (sulfide) groups is 1. The molecule has 1 saturated heterocycles. The molecule has 1 amide bonds. The van der Waals surface area contributed by atoms with E-state index >= 15 is 0 Å². The van der Waals surface area contributed by atoms with E-state index < -0.39 is 0 Å². The van der Waals surface area contributed by atoms with Gasteiger partial charge in [-0.25, -0.2) is 0 Å². The van der Waals surface area contributed by atoms with Crippen molar-refractivity contribution in [1.29, 1.82) is 0 Å². The Bertz CT molecular complexity index is 952. The summed E-state index contributed by atoms with van der Waals surface area (Å²) in [5, 5.41) is 11.8. The van der Waals surface area contributed by atoms with Gasteiger partial charge in [-0.05, 0) is 19.8 Å². The summed E-state index contributed by atoms with van der Waals surface area (Å²) in [7, 11) is 0. The van der Waals surface area contributed by atoms with Crippen molar-refractivity contribution >= 4 is 28.4 Å². The molecular weight excluding hydrogens is 366 g/mol. The first-order chi connectivity index (χ1) is 13.7. The van der Waals surface area contributed by atoms with Crippen molar-refractivity contribution < 1.29 is 4.79 Å². The highest BCUT2D eigenvalue weighted by Gasteiger charge is 2.24. The van der Waals surface area contributed by atoms with Gasteiger partial charge < -0.3 is 4.90 Å². The number of benzene rings is 2. The molecule has 1 aliphatic heterocycles. The molecule has 0 aliphatic carbocycles. The number of nitrogens with zero attached hydrogens (tertiary/aromatic N) is 3. The molecule has 1 fully saturated rings. The van der Waals surface area contributed by atoms with Crippen molar-refractivity contribution in [1.82, 2.24) is 15.1 Å². The largest absolute Gasteiger partial charge is 0.342 e. The van der Waals surface area contributed by atoms with Crippen molar-refractivity contribution in [2.24, 2.45) is 0 Å². The third kappa shape index (κ3) is 4.04. The maximum Gasteiger partial charge on any atom is 0.235 e. The Labute approximate surface area is 170 Å². The predicted molar refractivity (Wildman–Crippen MR) is 115 cm³/mol. The molecule has 0 saturated carbocycles. The maximum atomic E-state index is 12.9. The van der Waals surface area contributed by atoms with Crippen LogP contribution in [-0.4, -0.2) is 39.3 Å². The van der Waals surface area contributed by atoms with Gasteiger partial charge >= 0.3 is 0 Å². The van der Waals surface area contributed by atoms with Crippen molar-refractivity contribution in [2.45, 2.75) is 42.9 Å². The zero-order chi connectivity index (χ0) is 19.3. The highest BCUT2D eigenvalue weighted by molar-refractivity contribution is 8.00.